The Labute approximate surface area is 171 Å². The number of halogens is 2. The van der Waals surface area contributed by atoms with Crippen LogP contribution in [-0.4, -0.2) is 41.5 Å². The van der Waals surface area contributed by atoms with Crippen LogP contribution >= 0.6 is 23.2 Å². The van der Waals surface area contributed by atoms with E-state index in [0.717, 1.165) is 5.52 Å². The molecule has 0 fully saturated rings. The Morgan fingerprint density at radius 1 is 1.25 bits per heavy atom. The highest BCUT2D eigenvalue weighted by Gasteiger charge is 2.21. The van der Waals surface area contributed by atoms with E-state index in [9.17, 15) is 9.90 Å². The Kier molecular flexibility index (Phi) is 5.95. The summed E-state index contributed by atoms with van der Waals surface area (Å²) in [6.45, 7) is 1.84. The first-order valence-electron chi connectivity index (χ1n) is 8.69. The molecule has 2 heterocycles. The third-order valence-electron chi connectivity index (χ3n) is 4.65. The van der Waals surface area contributed by atoms with Crippen molar-refractivity contribution in [3.8, 4) is 0 Å². The molecule has 150 valence electrons. The number of imidazole rings is 1. The fourth-order valence-electron chi connectivity index (χ4n) is 2.99. The third-order valence-corrected chi connectivity index (χ3v) is 5.11. The predicted molar refractivity (Wildman–Crippen MR) is 109 cm³/mol. The third kappa shape index (κ3) is 4.30. The van der Waals surface area contributed by atoms with Crippen LogP contribution in [0, 0.1) is 0 Å². The van der Waals surface area contributed by atoms with Crippen LogP contribution in [-0.2, 0) is 13.6 Å². The number of aliphatic hydroxyl groups is 2. The SMILES string of the molecule is Cn1c(=O)n(CCC(C)(O)CCO)c2cc(Nc3nc(Cl)ncc3Cl)ccc21. The van der Waals surface area contributed by atoms with Crippen molar-refractivity contribution in [2.75, 3.05) is 11.9 Å². The van der Waals surface area contributed by atoms with Gasteiger partial charge in [-0.1, -0.05) is 11.6 Å². The first-order valence-corrected chi connectivity index (χ1v) is 9.45. The molecular weight excluding hydrogens is 405 g/mol. The van der Waals surface area contributed by atoms with E-state index in [-0.39, 0.29) is 24.0 Å². The van der Waals surface area contributed by atoms with E-state index in [4.69, 9.17) is 28.3 Å². The van der Waals surface area contributed by atoms with E-state index in [2.05, 4.69) is 15.3 Å². The van der Waals surface area contributed by atoms with Crippen molar-refractivity contribution in [3.63, 3.8) is 0 Å². The predicted octanol–water partition coefficient (Wildman–Crippen LogP) is 2.70. The second-order valence-corrected chi connectivity index (χ2v) is 7.62. The van der Waals surface area contributed by atoms with Crippen molar-refractivity contribution in [2.24, 2.45) is 7.05 Å². The zero-order valence-corrected chi connectivity index (χ0v) is 17.0. The number of rotatable bonds is 7. The number of fused-ring (bicyclic) bond motifs is 1. The molecule has 2 aromatic heterocycles. The van der Waals surface area contributed by atoms with Gasteiger partial charge in [0.1, 0.15) is 5.02 Å². The number of anilines is 2. The Morgan fingerprint density at radius 2 is 2.00 bits per heavy atom. The fourth-order valence-corrected chi connectivity index (χ4v) is 3.26. The lowest BCUT2D eigenvalue weighted by Crippen LogP contribution is -2.30. The topological polar surface area (TPSA) is 105 Å². The zero-order chi connectivity index (χ0) is 20.5. The first kappa shape index (κ1) is 20.6. The normalized spacial score (nSPS) is 13.6. The summed E-state index contributed by atoms with van der Waals surface area (Å²) in [5.41, 5.74) is 0.885. The highest BCUT2D eigenvalue weighted by molar-refractivity contribution is 6.33. The molecule has 0 bridgehead atoms. The molecule has 0 aliphatic heterocycles. The second-order valence-electron chi connectivity index (χ2n) is 6.88. The molecule has 28 heavy (non-hydrogen) atoms. The van der Waals surface area contributed by atoms with Gasteiger partial charge >= 0.3 is 5.69 Å². The van der Waals surface area contributed by atoms with E-state index in [1.54, 1.807) is 29.2 Å². The number of hydrogen-bond acceptors (Lipinski definition) is 6. The minimum atomic E-state index is -1.06. The van der Waals surface area contributed by atoms with Crippen LogP contribution in [0.15, 0.2) is 29.2 Å². The first-order chi connectivity index (χ1) is 13.2. The van der Waals surface area contributed by atoms with Crippen LogP contribution in [0.3, 0.4) is 0 Å². The van der Waals surface area contributed by atoms with Crippen LogP contribution < -0.4 is 11.0 Å². The number of aliphatic hydroxyl groups excluding tert-OH is 1. The van der Waals surface area contributed by atoms with Crippen LogP contribution in [0.2, 0.25) is 10.3 Å². The molecule has 1 aromatic carbocycles. The zero-order valence-electron chi connectivity index (χ0n) is 15.5. The van der Waals surface area contributed by atoms with Gasteiger partial charge in [0, 0.05) is 25.9 Å². The van der Waals surface area contributed by atoms with Gasteiger partial charge in [0.2, 0.25) is 5.28 Å². The molecule has 0 radical (unpaired) electrons. The van der Waals surface area contributed by atoms with Crippen molar-refractivity contribution in [2.45, 2.75) is 31.9 Å². The molecule has 0 aliphatic carbocycles. The Hall–Kier alpha value is -2.13. The summed E-state index contributed by atoms with van der Waals surface area (Å²) in [6, 6.07) is 5.43. The second kappa shape index (κ2) is 8.08. The molecular formula is C18H21Cl2N5O3. The molecule has 0 saturated heterocycles. The summed E-state index contributed by atoms with van der Waals surface area (Å²) in [5, 5.41) is 22.9. The van der Waals surface area contributed by atoms with Gasteiger partial charge < -0.3 is 15.5 Å². The molecule has 3 N–H and O–H groups in total. The van der Waals surface area contributed by atoms with E-state index < -0.39 is 5.60 Å². The monoisotopic (exact) mass is 425 g/mol. The van der Waals surface area contributed by atoms with Gasteiger partial charge in [0.15, 0.2) is 5.82 Å². The standard InChI is InChI=1S/C18H21Cl2N5O3/c1-18(28,6-8-26)5-7-25-14-9-11(3-4-13(14)24(2)17(25)27)22-15-12(19)10-21-16(20)23-15/h3-4,9-10,26,28H,5-8H2,1-2H3,(H,21,22,23). The van der Waals surface area contributed by atoms with E-state index in [1.165, 1.54) is 6.20 Å². The number of aromatic nitrogens is 4. The maximum atomic E-state index is 12.6. The molecule has 0 saturated carbocycles. The molecule has 3 aromatic rings. The minimum absolute atomic E-state index is 0.0655. The van der Waals surface area contributed by atoms with Crippen LogP contribution in [0.1, 0.15) is 19.8 Å². The van der Waals surface area contributed by atoms with Gasteiger partial charge in [-0.2, -0.15) is 4.98 Å². The van der Waals surface area contributed by atoms with Gasteiger partial charge in [-0.3, -0.25) is 9.13 Å². The molecule has 3 rings (SSSR count). The number of benzene rings is 1. The number of hydrogen-bond donors (Lipinski definition) is 3. The summed E-state index contributed by atoms with van der Waals surface area (Å²) in [5.74, 6) is 0.358. The highest BCUT2D eigenvalue weighted by Crippen LogP contribution is 2.26. The molecule has 0 spiro atoms. The lowest BCUT2D eigenvalue weighted by Gasteiger charge is -2.22. The molecule has 0 aliphatic rings. The summed E-state index contributed by atoms with van der Waals surface area (Å²) in [7, 11) is 1.70. The summed E-state index contributed by atoms with van der Waals surface area (Å²) < 4.78 is 3.15. The van der Waals surface area contributed by atoms with Crippen LogP contribution in [0.25, 0.3) is 11.0 Å². The fraction of sp³-hybridized carbons (Fsp3) is 0.389. The van der Waals surface area contributed by atoms with Gasteiger partial charge in [0.05, 0.1) is 22.8 Å². The van der Waals surface area contributed by atoms with E-state index >= 15 is 0 Å². The Bertz CT molecular complexity index is 1060. The van der Waals surface area contributed by atoms with Crippen molar-refractivity contribution in [1.29, 1.82) is 0 Å². The van der Waals surface area contributed by atoms with Gasteiger partial charge in [-0.25, -0.2) is 9.78 Å². The Morgan fingerprint density at radius 3 is 2.71 bits per heavy atom. The number of aryl methyl sites for hydroxylation is 2. The lowest BCUT2D eigenvalue weighted by atomic mass is 9.99. The van der Waals surface area contributed by atoms with Gasteiger partial charge in [-0.05, 0) is 49.6 Å². The molecule has 1 unspecified atom stereocenters. The van der Waals surface area contributed by atoms with Crippen molar-refractivity contribution < 1.29 is 10.2 Å². The molecule has 10 heteroatoms. The summed E-state index contributed by atoms with van der Waals surface area (Å²) >= 11 is 11.9. The average molecular weight is 426 g/mol. The van der Waals surface area contributed by atoms with Crippen LogP contribution in [0.5, 0.6) is 0 Å². The quantitative estimate of drug-likeness (QED) is 0.502. The van der Waals surface area contributed by atoms with Gasteiger partial charge in [0.25, 0.3) is 0 Å². The Balaban J connectivity index is 1.96. The highest BCUT2D eigenvalue weighted by atomic mass is 35.5. The molecule has 0 amide bonds. The van der Waals surface area contributed by atoms with Crippen LogP contribution in [0.4, 0.5) is 11.5 Å². The van der Waals surface area contributed by atoms with Crippen molar-refractivity contribution in [3.05, 3.63) is 45.2 Å². The maximum Gasteiger partial charge on any atom is 0.328 e. The lowest BCUT2D eigenvalue weighted by molar-refractivity contribution is 0.0218. The molecule has 8 nitrogen and oxygen atoms in total. The number of nitrogens with zero attached hydrogens (tertiary/aromatic N) is 4. The summed E-state index contributed by atoms with van der Waals surface area (Å²) in [6.07, 6.45) is 1.98. The smallest absolute Gasteiger partial charge is 0.328 e. The number of nitrogens with one attached hydrogen (secondary N) is 1. The van der Waals surface area contributed by atoms with Crippen molar-refractivity contribution in [1.82, 2.24) is 19.1 Å². The average Bonchev–Trinajstić information content (AvgIpc) is 2.87. The van der Waals surface area contributed by atoms with E-state index in [1.807, 2.05) is 12.1 Å². The van der Waals surface area contributed by atoms with Gasteiger partial charge in [-0.15, -0.1) is 0 Å². The van der Waals surface area contributed by atoms with Crippen molar-refractivity contribution >= 4 is 45.7 Å². The van der Waals surface area contributed by atoms with E-state index in [0.29, 0.717) is 35.0 Å². The maximum absolute atomic E-state index is 12.6. The largest absolute Gasteiger partial charge is 0.396 e. The molecule has 1 atom stereocenters. The minimum Gasteiger partial charge on any atom is -0.396 e. The summed E-state index contributed by atoms with van der Waals surface area (Å²) in [4.78, 5) is 20.5.